The van der Waals surface area contributed by atoms with Crippen LogP contribution in [0.4, 0.5) is 5.82 Å². The Hall–Kier alpha value is -2.80. The van der Waals surface area contributed by atoms with Crippen LogP contribution < -0.4 is 15.8 Å². The first kappa shape index (κ1) is 23.4. The van der Waals surface area contributed by atoms with Gasteiger partial charge in [0, 0.05) is 52.5 Å². The fraction of sp³-hybridized carbons (Fsp3) is 0.280. The number of hydrogen-bond acceptors (Lipinski definition) is 5. The average molecular weight is 485 g/mol. The molecule has 1 aliphatic rings. The molecule has 6 nitrogen and oxygen atoms in total. The van der Waals surface area contributed by atoms with E-state index < -0.39 is 0 Å². The zero-order chi connectivity index (χ0) is 23.5. The lowest BCUT2D eigenvalue weighted by atomic mass is 10.0. The summed E-state index contributed by atoms with van der Waals surface area (Å²) in [6.07, 6.45) is 1.69. The Morgan fingerprint density at radius 3 is 2.33 bits per heavy atom. The van der Waals surface area contributed by atoms with Crippen molar-refractivity contribution in [3.05, 3.63) is 75.9 Å². The molecule has 2 aromatic carbocycles. The summed E-state index contributed by atoms with van der Waals surface area (Å²) in [6, 6.07) is 15.2. The molecule has 4 rings (SSSR count). The number of piperazine rings is 1. The zero-order valence-corrected chi connectivity index (χ0v) is 20.0. The minimum atomic E-state index is 0.0430. The largest absolute Gasteiger partial charge is 0.485 e. The molecule has 1 saturated heterocycles. The first-order chi connectivity index (χ1) is 15.8. The molecule has 0 spiro atoms. The zero-order valence-electron chi connectivity index (χ0n) is 18.5. The second-order valence-electron chi connectivity index (χ2n) is 8.43. The van der Waals surface area contributed by atoms with Gasteiger partial charge >= 0.3 is 0 Å². The maximum Gasteiger partial charge on any atom is 0.253 e. The van der Waals surface area contributed by atoms with E-state index in [2.05, 4.69) is 24.1 Å². The Balaban J connectivity index is 1.48. The van der Waals surface area contributed by atoms with Crippen LogP contribution in [0, 0.1) is 0 Å². The average Bonchev–Trinajstić information content (AvgIpc) is 2.77. The Labute approximate surface area is 203 Å². The second-order valence-corrected chi connectivity index (χ2v) is 9.30. The number of ether oxygens (including phenoxy) is 1. The van der Waals surface area contributed by atoms with Crippen LogP contribution >= 0.6 is 23.2 Å². The highest BCUT2D eigenvalue weighted by molar-refractivity contribution is 6.34. The Morgan fingerprint density at radius 1 is 1.06 bits per heavy atom. The van der Waals surface area contributed by atoms with Crippen LogP contribution in [-0.2, 0) is 6.61 Å². The van der Waals surface area contributed by atoms with Crippen molar-refractivity contribution in [2.75, 3.05) is 18.8 Å². The Bertz CT molecular complexity index is 1120. The molecule has 1 fully saturated rings. The van der Waals surface area contributed by atoms with Crippen LogP contribution in [0.3, 0.4) is 0 Å². The van der Waals surface area contributed by atoms with E-state index in [0.717, 1.165) is 16.7 Å². The Kier molecular flexibility index (Phi) is 7.08. The number of pyridine rings is 1. The highest BCUT2D eigenvalue weighted by atomic mass is 35.5. The van der Waals surface area contributed by atoms with E-state index in [4.69, 9.17) is 33.7 Å². The van der Waals surface area contributed by atoms with Crippen LogP contribution in [0.5, 0.6) is 5.75 Å². The summed E-state index contributed by atoms with van der Waals surface area (Å²) in [4.78, 5) is 19.1. The molecule has 3 aromatic rings. The van der Waals surface area contributed by atoms with Crippen molar-refractivity contribution in [3.63, 3.8) is 0 Å². The van der Waals surface area contributed by atoms with Crippen molar-refractivity contribution in [2.24, 2.45) is 0 Å². The summed E-state index contributed by atoms with van der Waals surface area (Å²) in [5, 5.41) is 4.53. The standard InChI is InChI=1S/C25H26Cl2N4O2/c1-15-12-31(13-16(2)30-15)25(32)19-5-3-18(4-6-19)20-9-23(24(28)29-11-20)33-14-17-7-21(26)10-22(27)8-17/h3-11,15-16,30H,12-14H2,1-2H3,(H2,28,29). The molecule has 2 unspecified atom stereocenters. The molecule has 0 saturated carbocycles. The van der Waals surface area contributed by atoms with Gasteiger partial charge in [0.05, 0.1) is 0 Å². The lowest BCUT2D eigenvalue weighted by molar-refractivity contribution is 0.0674. The number of nitrogens with zero attached hydrogens (tertiary/aromatic N) is 2. The topological polar surface area (TPSA) is 80.5 Å². The first-order valence-electron chi connectivity index (χ1n) is 10.8. The molecule has 3 N–H and O–H groups in total. The summed E-state index contributed by atoms with van der Waals surface area (Å²) in [6.45, 7) is 5.84. The Morgan fingerprint density at radius 2 is 1.70 bits per heavy atom. The van der Waals surface area contributed by atoms with Crippen LogP contribution in [0.15, 0.2) is 54.7 Å². The summed E-state index contributed by atoms with van der Waals surface area (Å²) in [5.74, 6) is 0.801. The minimum Gasteiger partial charge on any atom is -0.485 e. The van der Waals surface area contributed by atoms with E-state index in [1.54, 1.807) is 24.4 Å². The summed E-state index contributed by atoms with van der Waals surface area (Å²) in [7, 11) is 0. The molecule has 1 aromatic heterocycles. The molecule has 2 atom stereocenters. The number of carbonyl (C=O) groups excluding carboxylic acids is 1. The third-order valence-electron chi connectivity index (χ3n) is 5.51. The van der Waals surface area contributed by atoms with Gasteiger partial charge in [-0.1, -0.05) is 35.3 Å². The van der Waals surface area contributed by atoms with Crippen molar-refractivity contribution in [2.45, 2.75) is 32.5 Å². The maximum atomic E-state index is 12.9. The van der Waals surface area contributed by atoms with Crippen molar-refractivity contribution in [1.29, 1.82) is 0 Å². The number of nitrogens with two attached hydrogens (primary N) is 1. The summed E-state index contributed by atoms with van der Waals surface area (Å²) >= 11 is 12.1. The van der Waals surface area contributed by atoms with E-state index in [9.17, 15) is 4.79 Å². The van der Waals surface area contributed by atoms with Crippen LogP contribution in [0.2, 0.25) is 10.0 Å². The number of halogens is 2. The molecule has 0 aliphatic carbocycles. The monoisotopic (exact) mass is 484 g/mol. The number of hydrogen-bond donors (Lipinski definition) is 2. The highest BCUT2D eigenvalue weighted by Crippen LogP contribution is 2.29. The molecule has 0 bridgehead atoms. The lowest BCUT2D eigenvalue weighted by Crippen LogP contribution is -2.55. The van der Waals surface area contributed by atoms with E-state index in [0.29, 0.717) is 40.3 Å². The van der Waals surface area contributed by atoms with Gasteiger partial charge in [-0.05, 0) is 61.4 Å². The fourth-order valence-corrected chi connectivity index (χ4v) is 4.64. The predicted octanol–water partition coefficient (Wildman–Crippen LogP) is 5.04. The lowest BCUT2D eigenvalue weighted by Gasteiger charge is -2.36. The van der Waals surface area contributed by atoms with E-state index >= 15 is 0 Å². The highest BCUT2D eigenvalue weighted by Gasteiger charge is 2.25. The van der Waals surface area contributed by atoms with Gasteiger partial charge in [-0.15, -0.1) is 0 Å². The molecular formula is C25H26Cl2N4O2. The van der Waals surface area contributed by atoms with Gasteiger partial charge in [0.15, 0.2) is 11.6 Å². The number of nitrogen functional groups attached to an aromatic ring is 1. The van der Waals surface area contributed by atoms with Gasteiger partial charge in [0.25, 0.3) is 5.91 Å². The second kappa shape index (κ2) is 10.00. The fourth-order valence-electron chi connectivity index (χ4n) is 4.06. The normalized spacial score (nSPS) is 18.2. The third-order valence-corrected chi connectivity index (χ3v) is 5.94. The van der Waals surface area contributed by atoms with Crippen LogP contribution in [0.1, 0.15) is 29.8 Å². The molecule has 8 heteroatoms. The number of nitrogens with one attached hydrogen (secondary N) is 1. The number of carbonyl (C=O) groups is 1. The van der Waals surface area contributed by atoms with Crippen molar-refractivity contribution in [1.82, 2.24) is 15.2 Å². The number of aromatic nitrogens is 1. The maximum absolute atomic E-state index is 12.9. The van der Waals surface area contributed by atoms with Crippen LogP contribution in [-0.4, -0.2) is 41.0 Å². The van der Waals surface area contributed by atoms with Crippen LogP contribution in [0.25, 0.3) is 11.1 Å². The summed E-state index contributed by atoms with van der Waals surface area (Å²) in [5.41, 5.74) is 9.26. The minimum absolute atomic E-state index is 0.0430. The van der Waals surface area contributed by atoms with Gasteiger partial charge in [0.2, 0.25) is 0 Å². The molecular weight excluding hydrogens is 459 g/mol. The first-order valence-corrected chi connectivity index (χ1v) is 11.5. The van der Waals surface area contributed by atoms with Gasteiger partial charge < -0.3 is 20.7 Å². The van der Waals surface area contributed by atoms with Crippen molar-refractivity contribution in [3.8, 4) is 16.9 Å². The van der Waals surface area contributed by atoms with E-state index in [1.807, 2.05) is 35.2 Å². The summed E-state index contributed by atoms with van der Waals surface area (Å²) < 4.78 is 5.88. The van der Waals surface area contributed by atoms with E-state index in [-0.39, 0.29) is 24.6 Å². The van der Waals surface area contributed by atoms with Gasteiger partial charge in [-0.25, -0.2) is 4.98 Å². The van der Waals surface area contributed by atoms with Crippen molar-refractivity contribution < 1.29 is 9.53 Å². The smallest absolute Gasteiger partial charge is 0.253 e. The van der Waals surface area contributed by atoms with Gasteiger partial charge in [-0.2, -0.15) is 0 Å². The molecule has 1 aliphatic heterocycles. The van der Waals surface area contributed by atoms with E-state index in [1.165, 1.54) is 0 Å². The SMILES string of the molecule is CC1CN(C(=O)c2ccc(-c3cnc(N)c(OCc4cc(Cl)cc(Cl)c4)c3)cc2)CC(C)N1. The van der Waals surface area contributed by atoms with Crippen molar-refractivity contribution >= 4 is 34.9 Å². The molecule has 33 heavy (non-hydrogen) atoms. The molecule has 1 amide bonds. The molecule has 2 heterocycles. The van der Waals surface area contributed by atoms with Gasteiger partial charge in [-0.3, -0.25) is 4.79 Å². The number of benzene rings is 2. The molecule has 0 radical (unpaired) electrons. The molecule has 172 valence electrons. The number of anilines is 1. The third kappa shape index (κ3) is 5.77. The predicted molar refractivity (Wildman–Crippen MR) is 133 cm³/mol. The number of rotatable bonds is 5. The quantitative estimate of drug-likeness (QED) is 0.530. The van der Waals surface area contributed by atoms with Gasteiger partial charge in [0.1, 0.15) is 6.61 Å². The number of amides is 1.